The highest BCUT2D eigenvalue weighted by Crippen LogP contribution is 2.28. The van der Waals surface area contributed by atoms with Gasteiger partial charge in [-0.1, -0.05) is 11.8 Å². The van der Waals surface area contributed by atoms with Crippen LogP contribution in [0.2, 0.25) is 0 Å². The van der Waals surface area contributed by atoms with Crippen LogP contribution in [0.15, 0.2) is 45.5 Å². The minimum absolute atomic E-state index is 0.607. The predicted octanol–water partition coefficient (Wildman–Crippen LogP) is 3.44. The van der Waals surface area contributed by atoms with Crippen molar-refractivity contribution in [3.05, 3.63) is 47.4 Å². The van der Waals surface area contributed by atoms with Gasteiger partial charge in [-0.3, -0.25) is 0 Å². The fourth-order valence-corrected chi connectivity index (χ4v) is 3.55. The molecule has 4 heterocycles. The molecule has 4 aromatic rings. The highest BCUT2D eigenvalue weighted by atomic mass is 32.2. The minimum Gasteiger partial charge on any atom is -0.459 e. The van der Waals surface area contributed by atoms with E-state index in [-0.39, 0.29) is 0 Å². The molecular weight excluding hydrogens is 318 g/mol. The molecule has 0 radical (unpaired) electrons. The summed E-state index contributed by atoms with van der Waals surface area (Å²) in [7, 11) is 0. The first-order valence-electron chi connectivity index (χ1n) is 6.59. The zero-order chi connectivity index (χ0) is 14.9. The molecule has 0 aromatic carbocycles. The Balaban J connectivity index is 1.48. The fourth-order valence-electron chi connectivity index (χ4n) is 1.95. The highest BCUT2D eigenvalue weighted by Gasteiger charge is 2.10. The molecule has 0 fully saturated rings. The summed E-state index contributed by atoms with van der Waals surface area (Å²) in [4.78, 5) is 13.1. The molecule has 8 heteroatoms. The van der Waals surface area contributed by atoms with Crippen LogP contribution in [0.1, 0.15) is 11.5 Å². The second-order valence-electron chi connectivity index (χ2n) is 4.60. The summed E-state index contributed by atoms with van der Waals surface area (Å²) in [5.41, 5.74) is 0.992. The summed E-state index contributed by atoms with van der Waals surface area (Å²) in [6.45, 7) is 1.93. The molecule has 0 atom stereocenters. The van der Waals surface area contributed by atoms with Gasteiger partial charge < -0.3 is 4.42 Å². The van der Waals surface area contributed by atoms with Crippen molar-refractivity contribution in [1.29, 1.82) is 0 Å². The largest absolute Gasteiger partial charge is 0.459 e. The van der Waals surface area contributed by atoms with Crippen molar-refractivity contribution >= 4 is 28.9 Å². The first kappa shape index (κ1) is 13.5. The molecule has 0 saturated carbocycles. The van der Waals surface area contributed by atoms with Crippen molar-refractivity contribution in [2.24, 2.45) is 0 Å². The number of thioether (sulfide) groups is 1. The maximum absolute atomic E-state index is 5.59. The number of hydrogen-bond acceptors (Lipinski definition) is 7. The Morgan fingerprint density at radius 1 is 1.32 bits per heavy atom. The SMILES string of the molecule is Cc1ccc(-c2nc(CSc3nc4ncccn4n3)cs2)o1. The van der Waals surface area contributed by atoms with E-state index in [1.807, 2.05) is 36.7 Å². The van der Waals surface area contributed by atoms with E-state index in [1.54, 1.807) is 33.8 Å². The number of aryl methyl sites for hydroxylation is 1. The molecule has 0 saturated heterocycles. The van der Waals surface area contributed by atoms with Crippen LogP contribution in [0.3, 0.4) is 0 Å². The van der Waals surface area contributed by atoms with Crippen LogP contribution in [0.5, 0.6) is 0 Å². The normalized spacial score (nSPS) is 11.3. The molecule has 0 amide bonds. The van der Waals surface area contributed by atoms with Crippen LogP contribution in [0.4, 0.5) is 0 Å². The van der Waals surface area contributed by atoms with Crippen molar-refractivity contribution in [3.8, 4) is 10.8 Å². The molecule has 0 unspecified atom stereocenters. The van der Waals surface area contributed by atoms with Crippen molar-refractivity contribution in [2.75, 3.05) is 0 Å². The lowest BCUT2D eigenvalue weighted by molar-refractivity contribution is 0.548. The van der Waals surface area contributed by atoms with Crippen molar-refractivity contribution in [2.45, 2.75) is 17.8 Å². The van der Waals surface area contributed by atoms with E-state index in [4.69, 9.17) is 4.42 Å². The Hall–Kier alpha value is -2.19. The third kappa shape index (κ3) is 2.62. The number of rotatable bonds is 4. The fraction of sp³-hybridized carbons (Fsp3) is 0.143. The number of hydrogen-bond donors (Lipinski definition) is 0. The molecule has 0 aliphatic rings. The Bertz CT molecular complexity index is 893. The third-order valence-electron chi connectivity index (χ3n) is 2.95. The summed E-state index contributed by atoms with van der Waals surface area (Å²) in [5, 5.41) is 7.99. The van der Waals surface area contributed by atoms with Gasteiger partial charge in [-0.15, -0.1) is 16.4 Å². The summed E-state index contributed by atoms with van der Waals surface area (Å²) in [5.74, 6) is 3.03. The van der Waals surface area contributed by atoms with Gasteiger partial charge in [0.05, 0.1) is 5.69 Å². The topological polar surface area (TPSA) is 69.1 Å². The maximum Gasteiger partial charge on any atom is 0.253 e. The lowest BCUT2D eigenvalue weighted by Gasteiger charge is -1.92. The highest BCUT2D eigenvalue weighted by molar-refractivity contribution is 7.98. The van der Waals surface area contributed by atoms with E-state index in [0.717, 1.165) is 22.2 Å². The lowest BCUT2D eigenvalue weighted by atomic mass is 10.4. The quantitative estimate of drug-likeness (QED) is 0.534. The smallest absolute Gasteiger partial charge is 0.253 e. The molecule has 4 rings (SSSR count). The third-order valence-corrected chi connectivity index (χ3v) is 4.73. The van der Waals surface area contributed by atoms with Gasteiger partial charge >= 0.3 is 0 Å². The van der Waals surface area contributed by atoms with Crippen LogP contribution >= 0.6 is 23.1 Å². The van der Waals surface area contributed by atoms with Gasteiger partial charge in [0.2, 0.25) is 5.16 Å². The van der Waals surface area contributed by atoms with Gasteiger partial charge in [0.15, 0.2) is 10.8 Å². The average Bonchev–Trinajstić information content (AvgIpc) is 3.23. The van der Waals surface area contributed by atoms with Crippen LogP contribution in [-0.2, 0) is 5.75 Å². The summed E-state index contributed by atoms with van der Waals surface area (Å²) < 4.78 is 7.26. The molecule has 6 nitrogen and oxygen atoms in total. The van der Waals surface area contributed by atoms with E-state index < -0.39 is 0 Å². The molecule has 110 valence electrons. The number of nitrogens with zero attached hydrogens (tertiary/aromatic N) is 5. The summed E-state index contributed by atoms with van der Waals surface area (Å²) in [6, 6.07) is 5.72. The Labute approximate surface area is 134 Å². The number of thiazole rings is 1. The first-order valence-corrected chi connectivity index (χ1v) is 8.46. The molecule has 4 aromatic heterocycles. The molecular formula is C14H11N5OS2. The van der Waals surface area contributed by atoms with Crippen LogP contribution in [0.25, 0.3) is 16.5 Å². The zero-order valence-corrected chi connectivity index (χ0v) is 13.3. The first-order chi connectivity index (χ1) is 10.8. The second-order valence-corrected chi connectivity index (χ2v) is 6.40. The second kappa shape index (κ2) is 5.54. The van der Waals surface area contributed by atoms with Crippen LogP contribution in [-0.4, -0.2) is 24.6 Å². The van der Waals surface area contributed by atoms with Crippen LogP contribution in [0, 0.1) is 6.92 Å². The van der Waals surface area contributed by atoms with E-state index >= 15 is 0 Å². The van der Waals surface area contributed by atoms with Gasteiger partial charge in [-0.25, -0.2) is 14.5 Å². The van der Waals surface area contributed by atoms with Gasteiger partial charge in [0.1, 0.15) is 5.76 Å². The predicted molar refractivity (Wildman–Crippen MR) is 84.9 cm³/mol. The molecule has 0 spiro atoms. The van der Waals surface area contributed by atoms with Crippen LogP contribution < -0.4 is 0 Å². The number of furan rings is 1. The Morgan fingerprint density at radius 2 is 2.27 bits per heavy atom. The Kier molecular flexibility index (Phi) is 3.39. The van der Waals surface area contributed by atoms with Crippen molar-refractivity contribution in [1.82, 2.24) is 24.6 Å². The maximum atomic E-state index is 5.59. The molecule has 0 bridgehead atoms. The van der Waals surface area contributed by atoms with E-state index in [9.17, 15) is 0 Å². The van der Waals surface area contributed by atoms with Gasteiger partial charge in [0.25, 0.3) is 5.78 Å². The van der Waals surface area contributed by atoms with Gasteiger partial charge in [-0.2, -0.15) is 4.98 Å². The average molecular weight is 329 g/mol. The number of fused-ring (bicyclic) bond motifs is 1. The number of aromatic nitrogens is 5. The van der Waals surface area contributed by atoms with Crippen molar-refractivity contribution in [3.63, 3.8) is 0 Å². The lowest BCUT2D eigenvalue weighted by Crippen LogP contribution is -1.87. The molecule has 0 aliphatic heterocycles. The van der Waals surface area contributed by atoms with Gasteiger partial charge in [-0.05, 0) is 25.1 Å². The Morgan fingerprint density at radius 3 is 3.09 bits per heavy atom. The molecule has 0 aliphatic carbocycles. The molecule has 22 heavy (non-hydrogen) atoms. The standard InChI is InChI=1S/C14H11N5OS2/c1-9-3-4-11(20-9)12-16-10(7-21-12)8-22-14-17-13-15-5-2-6-19(13)18-14/h2-7H,8H2,1H3. The summed E-state index contributed by atoms with van der Waals surface area (Å²) >= 11 is 3.12. The summed E-state index contributed by atoms with van der Waals surface area (Å²) in [6.07, 6.45) is 3.54. The van der Waals surface area contributed by atoms with Crippen molar-refractivity contribution < 1.29 is 4.42 Å². The monoisotopic (exact) mass is 329 g/mol. The zero-order valence-electron chi connectivity index (χ0n) is 11.6. The van der Waals surface area contributed by atoms with E-state index in [1.165, 1.54) is 0 Å². The van der Waals surface area contributed by atoms with Gasteiger partial charge in [0, 0.05) is 23.5 Å². The van der Waals surface area contributed by atoms with E-state index in [0.29, 0.717) is 16.7 Å². The van der Waals surface area contributed by atoms with E-state index in [2.05, 4.69) is 20.1 Å². The minimum atomic E-state index is 0.607. The molecule has 0 N–H and O–H groups in total.